The van der Waals surface area contributed by atoms with E-state index in [1.807, 2.05) is 12.1 Å². The van der Waals surface area contributed by atoms with Crippen LogP contribution in [0.2, 0.25) is 5.02 Å². The molecule has 1 atom stereocenters. The molecule has 11 heteroatoms. The van der Waals surface area contributed by atoms with Crippen molar-refractivity contribution >= 4 is 50.3 Å². The van der Waals surface area contributed by atoms with E-state index in [0.717, 1.165) is 42.3 Å². The first kappa shape index (κ1) is 27.9. The van der Waals surface area contributed by atoms with E-state index in [9.17, 15) is 5.21 Å². The van der Waals surface area contributed by atoms with Crippen molar-refractivity contribution in [2.45, 2.75) is 45.2 Å². The van der Waals surface area contributed by atoms with E-state index in [4.69, 9.17) is 32.0 Å². The molecule has 3 N–H and O–H groups in total. The zero-order chi connectivity index (χ0) is 28.5. The number of nitrogens with zero attached hydrogens (tertiary/aromatic N) is 6. The Kier molecular flexibility index (Phi) is 8.14. The molecule has 3 aromatic heterocycles. The highest BCUT2D eigenvalue weighted by atomic mass is 79.9. The van der Waals surface area contributed by atoms with Gasteiger partial charge in [0.2, 0.25) is 5.95 Å². The maximum atomic E-state index is 9.57. The molecule has 0 radical (unpaired) electrons. The van der Waals surface area contributed by atoms with Gasteiger partial charge in [-0.1, -0.05) is 66.9 Å². The molecule has 1 aromatic carbocycles. The van der Waals surface area contributed by atoms with Crippen molar-refractivity contribution in [2.24, 2.45) is 22.7 Å². The van der Waals surface area contributed by atoms with Gasteiger partial charge in [0, 0.05) is 31.0 Å². The Balaban J connectivity index is 1.61. The predicted octanol–water partition coefficient (Wildman–Crippen LogP) is 6.41. The summed E-state index contributed by atoms with van der Waals surface area (Å²) in [4.78, 5) is 16.9. The zero-order valence-corrected chi connectivity index (χ0v) is 25.2. The molecule has 1 aliphatic heterocycles. The SMILES string of the molecule is C[C@H]1CC[C@H](Cn2c(N3CCOC[C@H]3c3ccccc3)nc3c(Br)c(/C(N)=N/O)nc(-c4cncc(Cl)c4)c32)CC1. The molecular formula is C30H33BrClN7O2. The molecule has 4 heterocycles. The summed E-state index contributed by atoms with van der Waals surface area (Å²) in [6.45, 7) is 5.00. The highest BCUT2D eigenvalue weighted by molar-refractivity contribution is 9.10. The Hall–Kier alpha value is -3.21. The van der Waals surface area contributed by atoms with Crippen LogP contribution in [0.25, 0.3) is 22.3 Å². The summed E-state index contributed by atoms with van der Waals surface area (Å²) in [7, 11) is 0. The van der Waals surface area contributed by atoms with Crippen LogP contribution >= 0.6 is 27.5 Å². The summed E-state index contributed by atoms with van der Waals surface area (Å²) in [6.07, 6.45) is 8.09. The number of rotatable bonds is 6. The van der Waals surface area contributed by atoms with Gasteiger partial charge in [0.1, 0.15) is 11.2 Å². The van der Waals surface area contributed by atoms with Crippen molar-refractivity contribution in [3.8, 4) is 11.3 Å². The molecule has 0 bridgehead atoms. The van der Waals surface area contributed by atoms with Crippen LogP contribution in [0.4, 0.5) is 5.95 Å². The monoisotopic (exact) mass is 637 g/mol. The predicted molar refractivity (Wildman–Crippen MR) is 164 cm³/mol. The fraction of sp³-hybridized carbons (Fsp3) is 0.400. The van der Waals surface area contributed by atoms with E-state index in [1.54, 1.807) is 12.4 Å². The molecule has 2 fully saturated rings. The van der Waals surface area contributed by atoms with Gasteiger partial charge in [-0.3, -0.25) is 4.98 Å². The smallest absolute Gasteiger partial charge is 0.207 e. The number of oxime groups is 1. The number of ether oxygens (including phenoxy) is 1. The molecule has 1 saturated heterocycles. The molecule has 0 spiro atoms. The number of pyridine rings is 2. The maximum absolute atomic E-state index is 9.57. The maximum Gasteiger partial charge on any atom is 0.207 e. The summed E-state index contributed by atoms with van der Waals surface area (Å²) >= 11 is 10.1. The molecule has 0 amide bonds. The van der Waals surface area contributed by atoms with Crippen LogP contribution in [0.5, 0.6) is 0 Å². The summed E-state index contributed by atoms with van der Waals surface area (Å²) in [5, 5.41) is 13.3. The molecule has 41 heavy (non-hydrogen) atoms. The topological polar surface area (TPSA) is 115 Å². The van der Waals surface area contributed by atoms with Gasteiger partial charge >= 0.3 is 0 Å². The Labute approximate surface area is 252 Å². The quantitative estimate of drug-likeness (QED) is 0.109. The van der Waals surface area contributed by atoms with E-state index in [0.29, 0.717) is 52.1 Å². The second kappa shape index (κ2) is 12.0. The van der Waals surface area contributed by atoms with Gasteiger partial charge in [-0.25, -0.2) is 9.97 Å². The van der Waals surface area contributed by atoms with E-state index in [1.165, 1.54) is 18.4 Å². The van der Waals surface area contributed by atoms with Crippen molar-refractivity contribution < 1.29 is 9.94 Å². The largest absolute Gasteiger partial charge is 0.409 e. The number of anilines is 1. The molecule has 1 saturated carbocycles. The molecule has 1 aliphatic carbocycles. The second-order valence-corrected chi connectivity index (χ2v) is 12.3. The highest BCUT2D eigenvalue weighted by Gasteiger charge is 2.33. The number of halogens is 2. The molecule has 214 valence electrons. The first-order chi connectivity index (χ1) is 19.9. The third-order valence-corrected chi connectivity index (χ3v) is 9.24. The van der Waals surface area contributed by atoms with Gasteiger partial charge in [0.05, 0.1) is 40.0 Å². The molecule has 6 rings (SSSR count). The number of fused-ring (bicyclic) bond motifs is 1. The third kappa shape index (κ3) is 5.52. The standard InChI is InChI=1S/C30H33BrClN7O2/c1-18-7-9-19(10-8-18)16-39-28-25(21-13-22(32)15-34-14-21)35-27(29(33)37-40)24(31)26(28)36-30(39)38-11-12-41-17-23(38)20-5-3-2-4-6-20/h2-6,13-15,18-19,23,40H,7-12,16-17H2,1H3,(H2,33,37)/t18-,19-,23-/m0/s1. The minimum atomic E-state index is -0.110. The molecular weight excluding hydrogens is 606 g/mol. The van der Waals surface area contributed by atoms with Crippen LogP contribution < -0.4 is 10.6 Å². The molecule has 4 aromatic rings. The van der Waals surface area contributed by atoms with Crippen molar-refractivity contribution in [3.05, 3.63) is 69.5 Å². The average Bonchev–Trinajstić information content (AvgIpc) is 3.38. The summed E-state index contributed by atoms with van der Waals surface area (Å²) in [5.41, 5.74) is 10.5. The summed E-state index contributed by atoms with van der Waals surface area (Å²) in [6, 6.07) is 12.3. The molecule has 2 aliphatic rings. The van der Waals surface area contributed by atoms with Crippen LogP contribution in [-0.2, 0) is 11.3 Å². The first-order valence-corrected chi connectivity index (χ1v) is 15.2. The normalized spacial score (nSPS) is 21.9. The van der Waals surface area contributed by atoms with Crippen LogP contribution in [0.1, 0.15) is 49.9 Å². The van der Waals surface area contributed by atoms with E-state index in [-0.39, 0.29) is 11.9 Å². The van der Waals surface area contributed by atoms with Crippen LogP contribution in [-0.4, -0.2) is 50.3 Å². The summed E-state index contributed by atoms with van der Waals surface area (Å²) < 4.78 is 8.87. The fourth-order valence-corrected chi connectivity index (χ4v) is 6.82. The minimum absolute atomic E-state index is 0.00143. The van der Waals surface area contributed by atoms with E-state index >= 15 is 0 Å². The fourth-order valence-electron chi connectivity index (χ4n) is 6.08. The highest BCUT2D eigenvalue weighted by Crippen LogP contribution is 2.41. The lowest BCUT2D eigenvalue weighted by molar-refractivity contribution is 0.0927. The van der Waals surface area contributed by atoms with Gasteiger partial charge in [0.15, 0.2) is 5.84 Å². The number of hydrogen-bond donors (Lipinski definition) is 2. The van der Waals surface area contributed by atoms with Crippen LogP contribution in [0, 0.1) is 11.8 Å². The zero-order valence-electron chi connectivity index (χ0n) is 22.9. The minimum Gasteiger partial charge on any atom is -0.409 e. The van der Waals surface area contributed by atoms with Crippen molar-refractivity contribution in [2.75, 3.05) is 24.7 Å². The van der Waals surface area contributed by atoms with Gasteiger partial charge in [-0.15, -0.1) is 0 Å². The Morgan fingerprint density at radius 1 is 1.17 bits per heavy atom. The van der Waals surface area contributed by atoms with Crippen molar-refractivity contribution in [1.82, 2.24) is 19.5 Å². The lowest BCUT2D eigenvalue weighted by Crippen LogP contribution is -2.41. The van der Waals surface area contributed by atoms with Gasteiger partial charge in [-0.2, -0.15) is 0 Å². The van der Waals surface area contributed by atoms with Crippen molar-refractivity contribution in [3.63, 3.8) is 0 Å². The Bertz CT molecular complexity index is 1570. The number of hydrogen-bond acceptors (Lipinski definition) is 7. The number of imidazole rings is 1. The van der Waals surface area contributed by atoms with E-state index in [2.05, 4.69) is 66.7 Å². The second-order valence-electron chi connectivity index (χ2n) is 11.0. The van der Waals surface area contributed by atoms with Crippen LogP contribution in [0.3, 0.4) is 0 Å². The lowest BCUT2D eigenvalue weighted by atomic mass is 9.83. The number of benzene rings is 1. The van der Waals surface area contributed by atoms with Gasteiger partial charge < -0.3 is 25.1 Å². The Morgan fingerprint density at radius 2 is 1.95 bits per heavy atom. The van der Waals surface area contributed by atoms with Crippen molar-refractivity contribution in [1.29, 1.82) is 0 Å². The number of aromatic nitrogens is 4. The van der Waals surface area contributed by atoms with Gasteiger partial charge in [0.25, 0.3) is 0 Å². The molecule has 0 unspecified atom stereocenters. The number of amidine groups is 1. The third-order valence-electron chi connectivity index (χ3n) is 8.29. The first-order valence-electron chi connectivity index (χ1n) is 14.0. The Morgan fingerprint density at radius 3 is 2.68 bits per heavy atom. The number of morpholine rings is 1. The van der Waals surface area contributed by atoms with E-state index < -0.39 is 0 Å². The molecule has 9 nitrogen and oxygen atoms in total. The average molecular weight is 639 g/mol. The van der Waals surface area contributed by atoms with Gasteiger partial charge in [-0.05, 0) is 52.2 Å². The number of nitrogens with two attached hydrogens (primary N) is 1. The van der Waals surface area contributed by atoms with Crippen LogP contribution in [0.15, 0.2) is 58.4 Å². The lowest BCUT2D eigenvalue weighted by Gasteiger charge is -2.37. The summed E-state index contributed by atoms with van der Waals surface area (Å²) in [5.74, 6) is 2.00.